The number of hydrogen-bond acceptors (Lipinski definition) is 5. The van der Waals surface area contributed by atoms with Crippen LogP contribution in [0.25, 0.3) is 0 Å². The van der Waals surface area contributed by atoms with Gasteiger partial charge in [-0.05, 0) is 31.2 Å². The summed E-state index contributed by atoms with van der Waals surface area (Å²) < 4.78 is 29.1. The first-order valence-corrected chi connectivity index (χ1v) is 7.99. The van der Waals surface area contributed by atoms with Gasteiger partial charge in [-0.2, -0.15) is 0 Å². The summed E-state index contributed by atoms with van der Waals surface area (Å²) in [6, 6.07) is 5.40. The molecule has 0 atom stereocenters. The SMILES string of the molecule is CNCc1ccc(C)c(S(=O)(=O)NCc2nncn2C)c1. The molecular weight excluding hydrogens is 290 g/mol. The van der Waals surface area contributed by atoms with Gasteiger partial charge in [0, 0.05) is 13.6 Å². The summed E-state index contributed by atoms with van der Waals surface area (Å²) in [5.41, 5.74) is 1.63. The van der Waals surface area contributed by atoms with Crippen molar-refractivity contribution < 1.29 is 8.42 Å². The highest BCUT2D eigenvalue weighted by atomic mass is 32.2. The van der Waals surface area contributed by atoms with Crippen molar-refractivity contribution in [1.29, 1.82) is 0 Å². The lowest BCUT2D eigenvalue weighted by molar-refractivity contribution is 0.576. The van der Waals surface area contributed by atoms with Crippen LogP contribution < -0.4 is 10.0 Å². The fourth-order valence-corrected chi connectivity index (χ4v) is 3.23. The second-order valence-electron chi connectivity index (χ2n) is 4.81. The number of hydrogen-bond donors (Lipinski definition) is 2. The van der Waals surface area contributed by atoms with E-state index in [1.165, 1.54) is 6.33 Å². The average molecular weight is 309 g/mol. The van der Waals surface area contributed by atoms with E-state index >= 15 is 0 Å². The third kappa shape index (κ3) is 3.66. The van der Waals surface area contributed by atoms with E-state index in [1.807, 2.05) is 19.2 Å². The van der Waals surface area contributed by atoms with Crippen LogP contribution >= 0.6 is 0 Å². The summed E-state index contributed by atoms with van der Waals surface area (Å²) in [6.07, 6.45) is 1.53. The standard InChI is InChI=1S/C13H19N5O2S/c1-10-4-5-11(7-14-2)6-12(10)21(19,20)16-8-13-17-15-9-18(13)3/h4-6,9,14,16H,7-8H2,1-3H3. The Hall–Kier alpha value is -1.77. The van der Waals surface area contributed by atoms with Gasteiger partial charge in [-0.25, -0.2) is 13.1 Å². The lowest BCUT2D eigenvalue weighted by Gasteiger charge is -2.11. The molecule has 2 rings (SSSR count). The minimum absolute atomic E-state index is 0.106. The van der Waals surface area contributed by atoms with Crippen LogP contribution in [-0.4, -0.2) is 30.2 Å². The molecule has 21 heavy (non-hydrogen) atoms. The van der Waals surface area contributed by atoms with Crippen molar-refractivity contribution in [2.24, 2.45) is 7.05 Å². The zero-order valence-corrected chi connectivity index (χ0v) is 13.1. The summed E-state index contributed by atoms with van der Waals surface area (Å²) in [7, 11) is 0.00259. The Morgan fingerprint density at radius 3 is 2.67 bits per heavy atom. The molecule has 0 fully saturated rings. The van der Waals surface area contributed by atoms with Gasteiger partial charge in [-0.1, -0.05) is 12.1 Å². The molecule has 0 saturated carbocycles. The van der Waals surface area contributed by atoms with Gasteiger partial charge in [0.2, 0.25) is 10.0 Å². The van der Waals surface area contributed by atoms with E-state index in [1.54, 1.807) is 24.6 Å². The molecule has 0 unspecified atom stereocenters. The molecule has 0 spiro atoms. The maximum atomic E-state index is 12.4. The molecule has 1 heterocycles. The smallest absolute Gasteiger partial charge is 0.241 e. The van der Waals surface area contributed by atoms with Crippen molar-refractivity contribution in [1.82, 2.24) is 24.8 Å². The fourth-order valence-electron chi connectivity index (χ4n) is 1.95. The van der Waals surface area contributed by atoms with Gasteiger partial charge in [0.1, 0.15) is 12.2 Å². The Kier molecular flexibility index (Phi) is 4.71. The Balaban J connectivity index is 2.22. The average Bonchev–Trinajstić information content (AvgIpc) is 2.84. The highest BCUT2D eigenvalue weighted by Gasteiger charge is 2.18. The van der Waals surface area contributed by atoms with E-state index in [0.29, 0.717) is 17.9 Å². The zero-order chi connectivity index (χ0) is 15.5. The maximum absolute atomic E-state index is 12.4. The number of aryl methyl sites for hydroxylation is 2. The summed E-state index contributed by atoms with van der Waals surface area (Å²) in [4.78, 5) is 0.289. The number of sulfonamides is 1. The number of nitrogens with one attached hydrogen (secondary N) is 2. The number of rotatable bonds is 6. The van der Waals surface area contributed by atoms with Crippen molar-refractivity contribution >= 4 is 10.0 Å². The van der Waals surface area contributed by atoms with Gasteiger partial charge in [0.05, 0.1) is 11.4 Å². The monoisotopic (exact) mass is 309 g/mol. The molecule has 2 N–H and O–H groups in total. The van der Waals surface area contributed by atoms with Crippen LogP contribution in [-0.2, 0) is 30.2 Å². The van der Waals surface area contributed by atoms with Crippen LogP contribution in [0.4, 0.5) is 0 Å². The van der Waals surface area contributed by atoms with Crippen LogP contribution in [0.2, 0.25) is 0 Å². The number of benzene rings is 1. The van der Waals surface area contributed by atoms with E-state index in [0.717, 1.165) is 5.56 Å². The third-order valence-electron chi connectivity index (χ3n) is 3.15. The molecule has 0 aliphatic carbocycles. The molecule has 0 aliphatic heterocycles. The van der Waals surface area contributed by atoms with Crippen molar-refractivity contribution in [2.45, 2.75) is 24.9 Å². The van der Waals surface area contributed by atoms with E-state index in [-0.39, 0.29) is 11.4 Å². The Morgan fingerprint density at radius 2 is 2.05 bits per heavy atom. The summed E-state index contributed by atoms with van der Waals surface area (Å²) in [5.74, 6) is 0.558. The quantitative estimate of drug-likeness (QED) is 0.802. The summed E-state index contributed by atoms with van der Waals surface area (Å²) >= 11 is 0. The predicted molar refractivity (Wildman–Crippen MR) is 79.0 cm³/mol. The van der Waals surface area contributed by atoms with Crippen LogP contribution in [0, 0.1) is 6.92 Å². The molecular formula is C13H19N5O2S. The Morgan fingerprint density at radius 1 is 1.29 bits per heavy atom. The molecule has 8 heteroatoms. The van der Waals surface area contributed by atoms with Crippen LogP contribution in [0.15, 0.2) is 29.4 Å². The molecule has 1 aromatic carbocycles. The first kappa shape index (κ1) is 15.6. The maximum Gasteiger partial charge on any atom is 0.241 e. The summed E-state index contributed by atoms with van der Waals surface area (Å²) in [6.45, 7) is 2.50. The molecule has 0 aliphatic rings. The van der Waals surface area contributed by atoms with Gasteiger partial charge in [-0.3, -0.25) is 0 Å². The minimum Gasteiger partial charge on any atom is -0.320 e. The number of aromatic nitrogens is 3. The summed E-state index contributed by atoms with van der Waals surface area (Å²) in [5, 5.41) is 10.6. The van der Waals surface area contributed by atoms with Gasteiger partial charge >= 0.3 is 0 Å². The van der Waals surface area contributed by atoms with Gasteiger partial charge < -0.3 is 9.88 Å². The number of nitrogens with zero attached hydrogens (tertiary/aromatic N) is 3. The fraction of sp³-hybridized carbons (Fsp3) is 0.385. The highest BCUT2D eigenvalue weighted by Crippen LogP contribution is 2.17. The lowest BCUT2D eigenvalue weighted by Crippen LogP contribution is -2.25. The molecule has 2 aromatic rings. The van der Waals surface area contributed by atoms with Crippen LogP contribution in [0.3, 0.4) is 0 Å². The first-order chi connectivity index (χ1) is 9.94. The molecule has 0 bridgehead atoms. The van der Waals surface area contributed by atoms with Crippen molar-refractivity contribution in [3.63, 3.8) is 0 Å². The minimum atomic E-state index is -3.58. The second kappa shape index (κ2) is 6.33. The lowest BCUT2D eigenvalue weighted by atomic mass is 10.1. The predicted octanol–water partition coefficient (Wildman–Crippen LogP) is 0.321. The third-order valence-corrected chi connectivity index (χ3v) is 4.69. The molecule has 0 saturated heterocycles. The highest BCUT2D eigenvalue weighted by molar-refractivity contribution is 7.89. The Bertz CT molecular complexity index is 724. The topological polar surface area (TPSA) is 88.9 Å². The first-order valence-electron chi connectivity index (χ1n) is 6.50. The van der Waals surface area contributed by atoms with Crippen molar-refractivity contribution in [2.75, 3.05) is 7.05 Å². The molecule has 1 aromatic heterocycles. The van der Waals surface area contributed by atoms with Crippen molar-refractivity contribution in [3.05, 3.63) is 41.5 Å². The van der Waals surface area contributed by atoms with E-state index in [4.69, 9.17) is 0 Å². The van der Waals surface area contributed by atoms with Gasteiger partial charge in [0.25, 0.3) is 0 Å². The van der Waals surface area contributed by atoms with Gasteiger partial charge in [0.15, 0.2) is 0 Å². The van der Waals surface area contributed by atoms with Crippen LogP contribution in [0.5, 0.6) is 0 Å². The zero-order valence-electron chi connectivity index (χ0n) is 12.3. The molecule has 114 valence electrons. The van der Waals surface area contributed by atoms with Crippen LogP contribution in [0.1, 0.15) is 17.0 Å². The van der Waals surface area contributed by atoms with E-state index in [2.05, 4.69) is 20.2 Å². The normalized spacial score (nSPS) is 11.8. The second-order valence-corrected chi connectivity index (χ2v) is 6.55. The molecule has 7 nitrogen and oxygen atoms in total. The van der Waals surface area contributed by atoms with E-state index in [9.17, 15) is 8.42 Å². The van der Waals surface area contributed by atoms with Gasteiger partial charge in [-0.15, -0.1) is 10.2 Å². The van der Waals surface area contributed by atoms with Crippen molar-refractivity contribution in [3.8, 4) is 0 Å². The Labute approximate surface area is 124 Å². The van der Waals surface area contributed by atoms with E-state index < -0.39 is 10.0 Å². The largest absolute Gasteiger partial charge is 0.320 e. The molecule has 0 amide bonds. The molecule has 0 radical (unpaired) electrons.